The van der Waals surface area contributed by atoms with E-state index in [1.54, 1.807) is 0 Å². The zero-order valence-corrected chi connectivity index (χ0v) is 20.2. The molecular weight excluding hydrogens is 432 g/mol. The van der Waals surface area contributed by atoms with Crippen LogP contribution in [0.2, 0.25) is 0 Å². The number of unbranched alkanes of at least 4 members (excludes halogenated alkanes) is 5. The Hall–Kier alpha value is -1.52. The second-order valence-corrected chi connectivity index (χ2v) is 9.67. The normalized spacial score (nSPS) is 31.8. The fraction of sp³-hybridized carbons (Fsp3) is 0.833. The summed E-state index contributed by atoms with van der Waals surface area (Å²) in [5, 5.41) is 0. The van der Waals surface area contributed by atoms with Crippen LogP contribution in [0, 0.1) is 0 Å². The largest absolute Gasteiger partial charge is 0.456 e. The summed E-state index contributed by atoms with van der Waals surface area (Å²) in [4.78, 5) is 23.9. The molecule has 0 N–H and O–H groups in total. The highest BCUT2D eigenvalue weighted by molar-refractivity contribution is 5.70. The summed E-state index contributed by atoms with van der Waals surface area (Å²) in [5.41, 5.74) is 0. The predicted octanol–water partition coefficient (Wildman–Crippen LogP) is 3.73. The molecule has 0 amide bonds. The van der Waals surface area contributed by atoms with Crippen LogP contribution in [0.3, 0.4) is 0 Å². The van der Waals surface area contributed by atoms with E-state index in [0.717, 1.165) is 44.8 Å². The summed E-state index contributed by atoms with van der Waals surface area (Å²) in [7, 11) is 0. The third-order valence-corrected chi connectivity index (χ3v) is 5.92. The first kappa shape index (κ1) is 26.1. The van der Waals surface area contributed by atoms with Crippen LogP contribution in [0.25, 0.3) is 0 Å². The molecule has 3 fully saturated rings. The van der Waals surface area contributed by atoms with E-state index in [-0.39, 0.29) is 18.0 Å². The van der Waals surface area contributed by atoms with Gasteiger partial charge in [0.05, 0.1) is 12.9 Å². The van der Waals surface area contributed by atoms with Gasteiger partial charge in [0, 0.05) is 12.8 Å². The molecule has 0 bridgehead atoms. The molecule has 3 aliphatic heterocycles. The van der Waals surface area contributed by atoms with Crippen LogP contribution in [-0.4, -0.2) is 60.8 Å². The van der Waals surface area contributed by atoms with Crippen molar-refractivity contribution in [3.05, 3.63) is 12.8 Å². The molecule has 0 spiro atoms. The molecule has 188 valence electrons. The van der Waals surface area contributed by atoms with Crippen molar-refractivity contribution in [3.63, 3.8) is 0 Å². The Balaban J connectivity index is 1.40. The molecule has 33 heavy (non-hydrogen) atoms. The van der Waals surface area contributed by atoms with Gasteiger partial charge < -0.3 is 33.2 Å². The van der Waals surface area contributed by atoms with E-state index in [1.807, 2.05) is 27.7 Å². The Morgan fingerprint density at radius 2 is 1.52 bits per heavy atom. The van der Waals surface area contributed by atoms with Crippen LogP contribution >= 0.6 is 0 Å². The number of fused-ring (bicyclic) bond motifs is 1. The molecule has 3 aliphatic rings. The van der Waals surface area contributed by atoms with E-state index in [4.69, 9.17) is 28.4 Å². The van der Waals surface area contributed by atoms with Crippen LogP contribution in [0.4, 0.5) is 0 Å². The maximum absolute atomic E-state index is 12.6. The van der Waals surface area contributed by atoms with Gasteiger partial charge in [0.15, 0.2) is 30.1 Å². The molecular formula is C24H38O9. The zero-order chi connectivity index (χ0) is 24.1. The molecule has 5 atom stereocenters. The van der Waals surface area contributed by atoms with Crippen molar-refractivity contribution in [2.75, 3.05) is 6.61 Å². The maximum atomic E-state index is 12.6. The number of ether oxygens (including phenoxy) is 7. The molecule has 9 nitrogen and oxygen atoms in total. The van der Waals surface area contributed by atoms with Gasteiger partial charge in [0.25, 0.3) is 0 Å². The minimum Gasteiger partial charge on any atom is -0.456 e. The fourth-order valence-electron chi connectivity index (χ4n) is 4.42. The highest BCUT2D eigenvalue weighted by atomic mass is 16.8. The van der Waals surface area contributed by atoms with E-state index >= 15 is 0 Å². The summed E-state index contributed by atoms with van der Waals surface area (Å²) in [6.45, 7) is 11.0. The Morgan fingerprint density at radius 3 is 2.12 bits per heavy atom. The number of carbonyl (C=O) groups excluding carboxylic acids is 2. The zero-order valence-electron chi connectivity index (χ0n) is 20.2. The summed E-state index contributed by atoms with van der Waals surface area (Å²) in [5.74, 6) is -2.05. The summed E-state index contributed by atoms with van der Waals surface area (Å²) in [6.07, 6.45) is 4.66. The summed E-state index contributed by atoms with van der Waals surface area (Å²) in [6, 6.07) is 0. The first-order chi connectivity index (χ1) is 15.6. The lowest BCUT2D eigenvalue weighted by atomic mass is 10.1. The molecule has 0 aromatic rings. The van der Waals surface area contributed by atoms with Gasteiger partial charge in [-0.1, -0.05) is 32.3 Å². The van der Waals surface area contributed by atoms with E-state index in [1.165, 1.54) is 0 Å². The summed E-state index contributed by atoms with van der Waals surface area (Å²) >= 11 is 0. The van der Waals surface area contributed by atoms with Crippen molar-refractivity contribution < 1.29 is 42.7 Å². The standard InChI is InChI=1S/C24H38O9/c1-6-27-17(25)13-11-9-7-8-10-12-14-18(26)29-20-19(16-15-28-23(2,3)31-16)30-22-21(20)32-24(4,5)33-22/h6,16,19-22H,1,7-15H2,2-5H3/t16?,19-,20+,21-,22-/m1/s1. The summed E-state index contributed by atoms with van der Waals surface area (Å²) < 4.78 is 40.0. The Kier molecular flexibility index (Phi) is 8.91. The molecule has 3 rings (SSSR count). The van der Waals surface area contributed by atoms with Gasteiger partial charge in [-0.2, -0.15) is 0 Å². The maximum Gasteiger partial charge on any atom is 0.310 e. The molecule has 0 aromatic heterocycles. The molecule has 0 aromatic carbocycles. The molecule has 0 saturated carbocycles. The van der Waals surface area contributed by atoms with Crippen LogP contribution in [-0.2, 0) is 42.7 Å². The second kappa shape index (κ2) is 11.3. The monoisotopic (exact) mass is 470 g/mol. The third kappa shape index (κ3) is 7.48. The molecule has 0 radical (unpaired) electrons. The van der Waals surface area contributed by atoms with E-state index in [0.29, 0.717) is 19.4 Å². The van der Waals surface area contributed by atoms with Crippen molar-refractivity contribution >= 4 is 11.9 Å². The first-order valence-corrected chi connectivity index (χ1v) is 11.9. The lowest BCUT2D eigenvalue weighted by Crippen LogP contribution is -2.45. The Bertz CT molecular complexity index is 689. The van der Waals surface area contributed by atoms with Gasteiger partial charge in [-0.3, -0.25) is 9.59 Å². The number of rotatable bonds is 12. The van der Waals surface area contributed by atoms with Gasteiger partial charge in [-0.15, -0.1) is 0 Å². The van der Waals surface area contributed by atoms with Gasteiger partial charge >= 0.3 is 11.9 Å². The van der Waals surface area contributed by atoms with Gasteiger partial charge in [-0.25, -0.2) is 0 Å². The average molecular weight is 471 g/mol. The van der Waals surface area contributed by atoms with Crippen molar-refractivity contribution in [2.24, 2.45) is 0 Å². The number of esters is 2. The highest BCUT2D eigenvalue weighted by Crippen LogP contribution is 2.42. The molecule has 3 heterocycles. The van der Waals surface area contributed by atoms with E-state index < -0.39 is 36.2 Å². The smallest absolute Gasteiger partial charge is 0.310 e. The van der Waals surface area contributed by atoms with Crippen molar-refractivity contribution in [1.29, 1.82) is 0 Å². The number of carbonyl (C=O) groups is 2. The van der Waals surface area contributed by atoms with Crippen molar-refractivity contribution in [3.8, 4) is 0 Å². The van der Waals surface area contributed by atoms with Gasteiger partial charge in [-0.05, 0) is 40.5 Å². The van der Waals surface area contributed by atoms with Crippen LogP contribution in [0.15, 0.2) is 12.8 Å². The van der Waals surface area contributed by atoms with E-state index in [9.17, 15) is 9.59 Å². The number of hydrogen-bond donors (Lipinski definition) is 0. The first-order valence-electron chi connectivity index (χ1n) is 11.9. The lowest BCUT2D eigenvalue weighted by molar-refractivity contribution is -0.235. The van der Waals surface area contributed by atoms with E-state index in [2.05, 4.69) is 11.3 Å². The van der Waals surface area contributed by atoms with Gasteiger partial charge in [0.2, 0.25) is 0 Å². The molecule has 3 saturated heterocycles. The minimum absolute atomic E-state index is 0.248. The molecule has 9 heteroatoms. The Morgan fingerprint density at radius 1 is 0.879 bits per heavy atom. The van der Waals surface area contributed by atoms with Crippen LogP contribution in [0.1, 0.15) is 79.1 Å². The Labute approximate surface area is 196 Å². The third-order valence-electron chi connectivity index (χ3n) is 5.92. The van der Waals surface area contributed by atoms with Crippen LogP contribution in [0.5, 0.6) is 0 Å². The SMILES string of the molecule is C=COC(=O)CCCCCCCCC(=O)O[C@@H]1[C@H]2OC(C)(C)O[C@H]2O[C@@H]1C1COC(C)(C)O1. The lowest BCUT2D eigenvalue weighted by Gasteiger charge is -2.28. The average Bonchev–Trinajstić information content (AvgIpc) is 3.34. The molecule has 1 unspecified atom stereocenters. The molecule has 0 aliphatic carbocycles. The fourth-order valence-corrected chi connectivity index (χ4v) is 4.42. The highest BCUT2D eigenvalue weighted by Gasteiger charge is 2.59. The van der Waals surface area contributed by atoms with Crippen molar-refractivity contribution in [2.45, 2.75) is 121 Å². The predicted molar refractivity (Wildman–Crippen MR) is 117 cm³/mol. The van der Waals surface area contributed by atoms with Gasteiger partial charge in [0.1, 0.15) is 12.2 Å². The minimum atomic E-state index is -0.806. The topological polar surface area (TPSA) is 98.8 Å². The number of hydrogen-bond acceptors (Lipinski definition) is 9. The van der Waals surface area contributed by atoms with Crippen molar-refractivity contribution in [1.82, 2.24) is 0 Å². The second-order valence-electron chi connectivity index (χ2n) is 9.67. The quantitative estimate of drug-likeness (QED) is 0.240. The van der Waals surface area contributed by atoms with Crippen LogP contribution < -0.4 is 0 Å².